The Balaban J connectivity index is 1.37. The lowest BCUT2D eigenvalue weighted by Gasteiger charge is -2.72. The number of carboxylic acid groups (broad SMARTS) is 1. The molecule has 5 fully saturated rings. The van der Waals surface area contributed by atoms with Crippen LogP contribution in [0.3, 0.4) is 0 Å². The lowest BCUT2D eigenvalue weighted by Crippen LogP contribution is -2.72. The van der Waals surface area contributed by atoms with Gasteiger partial charge in [0.05, 0.1) is 24.7 Å². The summed E-state index contributed by atoms with van der Waals surface area (Å²) in [4.78, 5) is 37.9. The highest BCUT2D eigenvalue weighted by Crippen LogP contribution is 2.76. The third-order valence-electron chi connectivity index (χ3n) is 16.8. The number of esters is 2. The van der Waals surface area contributed by atoms with Crippen molar-refractivity contribution in [3.8, 4) is 0 Å². The van der Waals surface area contributed by atoms with Crippen molar-refractivity contribution >= 4 is 17.9 Å². The van der Waals surface area contributed by atoms with Gasteiger partial charge in [-0.25, -0.2) is 9.59 Å². The van der Waals surface area contributed by atoms with Crippen LogP contribution in [0.15, 0.2) is 23.3 Å². The molecule has 14 heteroatoms. The van der Waals surface area contributed by atoms with Gasteiger partial charge in [0.2, 0.25) is 0 Å². The molecule has 0 aromatic heterocycles. The first-order chi connectivity index (χ1) is 26.4. The van der Waals surface area contributed by atoms with E-state index in [1.165, 1.54) is 6.92 Å². The molecule has 17 unspecified atom stereocenters. The fourth-order valence-corrected chi connectivity index (χ4v) is 13.3. The second-order valence-corrected chi connectivity index (χ2v) is 19.9. The lowest BCUT2D eigenvalue weighted by molar-refractivity contribution is -0.328. The molecule has 1 aliphatic heterocycles. The van der Waals surface area contributed by atoms with Gasteiger partial charge in [0.15, 0.2) is 12.4 Å². The molecular formula is C43H66O14. The Hall–Kier alpha value is -2.43. The number of carboxylic acids is 1. The number of ether oxygens (including phenoxy) is 4. The largest absolute Gasteiger partial charge is 0.479 e. The fourth-order valence-electron chi connectivity index (χ4n) is 13.3. The number of hydrogen-bond acceptors (Lipinski definition) is 13. The maximum absolute atomic E-state index is 13.1. The predicted octanol–water partition coefficient (Wildman–Crippen LogP) is 3.03. The minimum absolute atomic E-state index is 0.0767. The molecule has 57 heavy (non-hydrogen) atoms. The topological polar surface area (TPSA) is 230 Å². The van der Waals surface area contributed by atoms with Crippen LogP contribution in [0.25, 0.3) is 0 Å². The van der Waals surface area contributed by atoms with Crippen LogP contribution in [0, 0.1) is 50.2 Å². The molecule has 4 saturated carbocycles. The van der Waals surface area contributed by atoms with Gasteiger partial charge in [-0.2, -0.15) is 0 Å². The zero-order chi connectivity index (χ0) is 42.4. The molecule has 17 atom stereocenters. The van der Waals surface area contributed by atoms with E-state index in [0.29, 0.717) is 44.1 Å². The maximum atomic E-state index is 13.1. The van der Waals surface area contributed by atoms with Gasteiger partial charge in [0.25, 0.3) is 0 Å². The normalized spacial score (nSPS) is 49.2. The van der Waals surface area contributed by atoms with Crippen LogP contribution in [0.4, 0.5) is 0 Å². The van der Waals surface area contributed by atoms with Gasteiger partial charge >= 0.3 is 17.9 Å². The van der Waals surface area contributed by atoms with Gasteiger partial charge in [-0.3, -0.25) is 4.79 Å². The monoisotopic (exact) mass is 806 g/mol. The number of carbonyl (C=O) groups excluding carboxylic acids is 2. The molecule has 6 aliphatic rings. The average Bonchev–Trinajstić information content (AvgIpc) is 3.13. The summed E-state index contributed by atoms with van der Waals surface area (Å²) in [6, 6.07) is 0. The first-order valence-electron chi connectivity index (χ1n) is 20.6. The number of aliphatic carboxylic acids is 1. The smallest absolute Gasteiger partial charge is 0.335 e. The lowest BCUT2D eigenvalue weighted by atomic mass is 9.33. The Morgan fingerprint density at radius 3 is 2.11 bits per heavy atom. The van der Waals surface area contributed by atoms with Gasteiger partial charge in [-0.15, -0.1) is 0 Å². The first-order valence-corrected chi connectivity index (χ1v) is 20.6. The van der Waals surface area contributed by atoms with Crippen LogP contribution in [0.2, 0.25) is 0 Å². The number of aliphatic hydroxyl groups excluding tert-OH is 6. The van der Waals surface area contributed by atoms with Crippen molar-refractivity contribution in [1.29, 1.82) is 0 Å². The summed E-state index contributed by atoms with van der Waals surface area (Å²) in [6.45, 7) is 16.6. The van der Waals surface area contributed by atoms with Gasteiger partial charge in [-0.1, -0.05) is 59.3 Å². The predicted molar refractivity (Wildman–Crippen MR) is 204 cm³/mol. The van der Waals surface area contributed by atoms with E-state index in [4.69, 9.17) is 18.9 Å². The van der Waals surface area contributed by atoms with Crippen LogP contribution in [-0.2, 0) is 33.3 Å². The van der Waals surface area contributed by atoms with E-state index in [1.54, 1.807) is 19.9 Å². The zero-order valence-corrected chi connectivity index (χ0v) is 34.9. The Morgan fingerprint density at radius 2 is 1.53 bits per heavy atom. The first kappa shape index (κ1) is 44.1. The summed E-state index contributed by atoms with van der Waals surface area (Å²) in [5.41, 5.74) is -2.69. The molecule has 14 nitrogen and oxygen atoms in total. The highest BCUT2D eigenvalue weighted by molar-refractivity contribution is 5.87. The second kappa shape index (κ2) is 14.9. The molecule has 0 aromatic carbocycles. The maximum Gasteiger partial charge on any atom is 0.335 e. The molecule has 5 aliphatic carbocycles. The number of carbonyl (C=O) groups is 3. The summed E-state index contributed by atoms with van der Waals surface area (Å²) >= 11 is 0. The molecule has 1 heterocycles. The third-order valence-corrected chi connectivity index (χ3v) is 16.8. The molecule has 0 radical (unpaired) electrons. The van der Waals surface area contributed by atoms with Crippen LogP contribution < -0.4 is 0 Å². The Bertz CT molecular complexity index is 1660. The molecule has 0 aromatic rings. The van der Waals surface area contributed by atoms with Crippen LogP contribution in [-0.4, -0.2) is 122 Å². The van der Waals surface area contributed by atoms with E-state index in [0.717, 1.165) is 12.0 Å². The second-order valence-electron chi connectivity index (χ2n) is 19.9. The standard InChI is InChI=1S/C43H66O14/c1-10-21(2)36(53)57-34-33(50)43(20-45)24(17-38(34,4)5)23-11-12-26-39(6)15-14-27(55-37-31(49)29(47)30(48)32(56-37)35(51)52)40(7,19-44)25(39)13-16-41(26,8)42(23,9)18-28(43)54-22(3)46/h10-11,24-34,37,44-45,47-50H,12-20H2,1-9H3,(H,51,52). The summed E-state index contributed by atoms with van der Waals surface area (Å²) in [5, 5.41) is 76.2. The van der Waals surface area contributed by atoms with Gasteiger partial charge in [0.1, 0.15) is 36.6 Å². The molecule has 1 saturated heterocycles. The Kier molecular flexibility index (Phi) is 11.6. The van der Waals surface area contributed by atoms with Gasteiger partial charge in [-0.05, 0) is 92.8 Å². The van der Waals surface area contributed by atoms with Crippen molar-refractivity contribution in [1.82, 2.24) is 0 Å². The number of hydrogen-bond donors (Lipinski definition) is 7. The molecule has 6 rings (SSSR count). The Morgan fingerprint density at radius 1 is 0.860 bits per heavy atom. The van der Waals surface area contributed by atoms with E-state index < -0.39 is 107 Å². The molecule has 322 valence electrons. The van der Waals surface area contributed by atoms with Crippen molar-refractivity contribution in [2.24, 2.45) is 50.2 Å². The fraction of sp³-hybridized carbons (Fsp3) is 0.837. The van der Waals surface area contributed by atoms with E-state index in [2.05, 4.69) is 26.8 Å². The minimum Gasteiger partial charge on any atom is -0.479 e. The van der Waals surface area contributed by atoms with E-state index in [1.807, 2.05) is 20.8 Å². The molecule has 0 bridgehead atoms. The molecular weight excluding hydrogens is 740 g/mol. The highest BCUT2D eigenvalue weighted by Gasteiger charge is 2.74. The highest BCUT2D eigenvalue weighted by atomic mass is 16.7. The quantitative estimate of drug-likeness (QED) is 0.0810. The summed E-state index contributed by atoms with van der Waals surface area (Å²) < 4.78 is 24.0. The van der Waals surface area contributed by atoms with E-state index in [9.17, 15) is 50.1 Å². The van der Waals surface area contributed by atoms with Gasteiger partial charge in [0, 0.05) is 23.3 Å². The SMILES string of the molecule is CC=C(C)C(=O)OC1C(O)C2(CO)C(OC(C)=O)CC3(C)C(=CCC4C5(C)CCC(OC6OC(C(=O)O)C(O)C(O)C6O)C(C)(CO)C5CCC43C)C2CC1(C)C. The number of allylic oxidation sites excluding steroid dienone is 3. The van der Waals surface area contributed by atoms with Crippen LogP contribution in [0.5, 0.6) is 0 Å². The molecule has 0 spiro atoms. The van der Waals surface area contributed by atoms with Crippen LogP contribution >= 0.6 is 0 Å². The van der Waals surface area contributed by atoms with Crippen molar-refractivity contribution in [2.75, 3.05) is 13.2 Å². The molecule has 7 N–H and O–H groups in total. The average molecular weight is 807 g/mol. The summed E-state index contributed by atoms with van der Waals surface area (Å²) in [6.07, 6.45) is -4.74. The van der Waals surface area contributed by atoms with Crippen molar-refractivity contribution in [3.63, 3.8) is 0 Å². The van der Waals surface area contributed by atoms with Crippen molar-refractivity contribution in [2.45, 2.75) is 162 Å². The van der Waals surface area contributed by atoms with Crippen molar-refractivity contribution < 1.29 is 69.1 Å². The van der Waals surface area contributed by atoms with E-state index in [-0.39, 0.29) is 29.3 Å². The summed E-state index contributed by atoms with van der Waals surface area (Å²) in [5.74, 6) is -3.01. The van der Waals surface area contributed by atoms with Crippen molar-refractivity contribution in [3.05, 3.63) is 23.3 Å². The molecule has 0 amide bonds. The Labute approximate surface area is 335 Å². The number of fused-ring (bicyclic) bond motifs is 7. The van der Waals surface area contributed by atoms with E-state index >= 15 is 0 Å². The minimum atomic E-state index is -1.85. The summed E-state index contributed by atoms with van der Waals surface area (Å²) in [7, 11) is 0. The number of rotatable bonds is 8. The zero-order valence-electron chi connectivity index (χ0n) is 34.9. The number of aliphatic hydroxyl groups is 6. The van der Waals surface area contributed by atoms with Crippen LogP contribution in [0.1, 0.15) is 107 Å². The van der Waals surface area contributed by atoms with Gasteiger partial charge < -0.3 is 54.7 Å². The third kappa shape index (κ3) is 6.37.